The third-order valence-corrected chi connectivity index (χ3v) is 3.55. The van der Waals surface area contributed by atoms with Gasteiger partial charge in [-0.2, -0.15) is 0 Å². The summed E-state index contributed by atoms with van der Waals surface area (Å²) in [6.07, 6.45) is 2.03. The fourth-order valence-corrected chi connectivity index (χ4v) is 2.12. The Morgan fingerprint density at radius 1 is 1.37 bits per heavy atom. The van der Waals surface area contributed by atoms with Crippen molar-refractivity contribution in [1.29, 1.82) is 0 Å². The monoisotopic (exact) mass is 277 g/mol. The van der Waals surface area contributed by atoms with E-state index in [9.17, 15) is 4.79 Å². The van der Waals surface area contributed by atoms with Gasteiger partial charge >= 0.3 is 5.97 Å². The highest BCUT2D eigenvalue weighted by Gasteiger charge is 2.12. The van der Waals surface area contributed by atoms with Gasteiger partial charge in [-0.25, -0.2) is 4.79 Å². The van der Waals surface area contributed by atoms with Crippen molar-refractivity contribution in [3.8, 4) is 0 Å². The molecular weight excluding hydrogens is 262 g/mol. The van der Waals surface area contributed by atoms with E-state index in [1.165, 1.54) is 4.90 Å². The Labute approximate surface area is 115 Å². The van der Waals surface area contributed by atoms with Crippen LogP contribution in [0.1, 0.15) is 21.9 Å². The van der Waals surface area contributed by atoms with Gasteiger partial charge < -0.3 is 14.8 Å². The second-order valence-electron chi connectivity index (χ2n) is 4.08. The van der Waals surface area contributed by atoms with Gasteiger partial charge in [0.2, 0.25) is 5.76 Å². The summed E-state index contributed by atoms with van der Waals surface area (Å²) in [4.78, 5) is 12.0. The zero-order valence-corrected chi connectivity index (χ0v) is 11.6. The second kappa shape index (κ2) is 5.84. The Hall–Kier alpha value is -1.88. The highest BCUT2D eigenvalue weighted by molar-refractivity contribution is 7.98. The molecule has 0 radical (unpaired) electrons. The SMILES string of the molecule is CSc1ccc(NCc2cc(C(=O)O)oc2C)cc1. The molecule has 1 aromatic carbocycles. The molecular formula is C14H15NO3S. The van der Waals surface area contributed by atoms with E-state index in [0.29, 0.717) is 12.3 Å². The van der Waals surface area contributed by atoms with Gasteiger partial charge in [-0.05, 0) is 43.5 Å². The molecule has 0 aliphatic rings. The maximum Gasteiger partial charge on any atom is 0.371 e. The molecule has 0 atom stereocenters. The molecule has 1 aromatic heterocycles. The molecule has 0 saturated carbocycles. The van der Waals surface area contributed by atoms with Crippen molar-refractivity contribution in [3.63, 3.8) is 0 Å². The van der Waals surface area contributed by atoms with Crippen molar-refractivity contribution < 1.29 is 14.3 Å². The lowest BCUT2D eigenvalue weighted by atomic mass is 10.2. The smallest absolute Gasteiger partial charge is 0.371 e. The molecule has 0 unspecified atom stereocenters. The highest BCUT2D eigenvalue weighted by Crippen LogP contribution is 2.19. The molecule has 0 bridgehead atoms. The number of carboxylic acid groups (broad SMARTS) is 1. The van der Waals surface area contributed by atoms with Crippen molar-refractivity contribution in [3.05, 3.63) is 47.4 Å². The van der Waals surface area contributed by atoms with E-state index in [1.807, 2.05) is 30.5 Å². The van der Waals surface area contributed by atoms with Gasteiger partial charge in [0, 0.05) is 22.7 Å². The Morgan fingerprint density at radius 3 is 2.58 bits per heavy atom. The van der Waals surface area contributed by atoms with Crippen LogP contribution in [0.3, 0.4) is 0 Å². The molecule has 1 heterocycles. The fourth-order valence-electron chi connectivity index (χ4n) is 1.71. The summed E-state index contributed by atoms with van der Waals surface area (Å²) in [5.74, 6) is -0.434. The Bertz CT molecular complexity index is 575. The number of rotatable bonds is 5. The molecule has 0 saturated heterocycles. The molecule has 5 heteroatoms. The summed E-state index contributed by atoms with van der Waals surface area (Å²) in [6, 6.07) is 9.63. The number of carboxylic acids is 1. The summed E-state index contributed by atoms with van der Waals surface area (Å²) in [7, 11) is 0. The maximum atomic E-state index is 10.8. The molecule has 0 spiro atoms. The van der Waals surface area contributed by atoms with Crippen LogP contribution >= 0.6 is 11.8 Å². The number of hydrogen-bond donors (Lipinski definition) is 2. The average Bonchev–Trinajstić information content (AvgIpc) is 2.79. The summed E-state index contributed by atoms with van der Waals surface area (Å²) in [5.41, 5.74) is 1.85. The lowest BCUT2D eigenvalue weighted by Crippen LogP contribution is -1.99. The van der Waals surface area contributed by atoms with E-state index >= 15 is 0 Å². The van der Waals surface area contributed by atoms with E-state index < -0.39 is 5.97 Å². The van der Waals surface area contributed by atoms with Crippen LogP contribution < -0.4 is 5.32 Å². The molecule has 100 valence electrons. The van der Waals surface area contributed by atoms with Crippen molar-refractivity contribution in [1.82, 2.24) is 0 Å². The lowest BCUT2D eigenvalue weighted by molar-refractivity contribution is 0.0661. The van der Waals surface area contributed by atoms with Gasteiger partial charge in [-0.15, -0.1) is 11.8 Å². The van der Waals surface area contributed by atoms with Gasteiger partial charge in [-0.1, -0.05) is 0 Å². The van der Waals surface area contributed by atoms with Crippen LogP contribution in [-0.4, -0.2) is 17.3 Å². The van der Waals surface area contributed by atoms with Crippen LogP contribution in [0.5, 0.6) is 0 Å². The number of anilines is 1. The molecule has 2 aromatic rings. The molecule has 19 heavy (non-hydrogen) atoms. The van der Waals surface area contributed by atoms with E-state index in [0.717, 1.165) is 11.3 Å². The number of furan rings is 1. The third kappa shape index (κ3) is 3.32. The second-order valence-corrected chi connectivity index (χ2v) is 4.96. The Kier molecular flexibility index (Phi) is 4.16. The van der Waals surface area contributed by atoms with E-state index in [4.69, 9.17) is 9.52 Å². The van der Waals surface area contributed by atoms with E-state index in [1.54, 1.807) is 24.8 Å². The zero-order valence-electron chi connectivity index (χ0n) is 10.8. The predicted molar refractivity (Wildman–Crippen MR) is 76.0 cm³/mol. The largest absolute Gasteiger partial charge is 0.475 e. The fraction of sp³-hybridized carbons (Fsp3) is 0.214. The van der Waals surface area contributed by atoms with Crippen molar-refractivity contribution in [2.75, 3.05) is 11.6 Å². The summed E-state index contributed by atoms with van der Waals surface area (Å²) >= 11 is 1.69. The zero-order chi connectivity index (χ0) is 13.8. The minimum absolute atomic E-state index is 0.0213. The molecule has 0 amide bonds. The number of carbonyl (C=O) groups is 1. The van der Waals surface area contributed by atoms with Gasteiger partial charge in [0.25, 0.3) is 0 Å². The standard InChI is InChI=1S/C14H15NO3S/c1-9-10(7-13(18-9)14(16)17)8-15-11-3-5-12(19-2)6-4-11/h3-7,15H,8H2,1-2H3,(H,16,17). The van der Waals surface area contributed by atoms with E-state index in [2.05, 4.69) is 5.32 Å². The van der Waals surface area contributed by atoms with E-state index in [-0.39, 0.29) is 5.76 Å². The molecule has 0 aliphatic carbocycles. The lowest BCUT2D eigenvalue weighted by Gasteiger charge is -2.06. The van der Waals surface area contributed by atoms with Crippen LogP contribution in [0.2, 0.25) is 0 Å². The van der Waals surface area contributed by atoms with Crippen LogP contribution in [0.4, 0.5) is 5.69 Å². The Morgan fingerprint density at radius 2 is 2.05 bits per heavy atom. The minimum atomic E-state index is -1.04. The Balaban J connectivity index is 2.03. The number of aromatic carboxylic acids is 1. The topological polar surface area (TPSA) is 62.5 Å². The molecule has 2 N–H and O–H groups in total. The van der Waals surface area contributed by atoms with Crippen molar-refractivity contribution in [2.45, 2.75) is 18.4 Å². The summed E-state index contributed by atoms with van der Waals surface area (Å²) in [6.45, 7) is 2.31. The molecule has 0 fully saturated rings. The predicted octanol–water partition coefficient (Wildman–Crippen LogP) is 3.62. The van der Waals surface area contributed by atoms with Crippen molar-refractivity contribution in [2.24, 2.45) is 0 Å². The number of nitrogens with one attached hydrogen (secondary N) is 1. The molecule has 4 nitrogen and oxygen atoms in total. The van der Waals surface area contributed by atoms with Crippen LogP contribution in [0.15, 0.2) is 39.6 Å². The summed E-state index contributed by atoms with van der Waals surface area (Å²) in [5, 5.41) is 12.1. The highest BCUT2D eigenvalue weighted by atomic mass is 32.2. The van der Waals surface area contributed by atoms with Gasteiger partial charge in [-0.3, -0.25) is 0 Å². The normalized spacial score (nSPS) is 10.4. The van der Waals surface area contributed by atoms with Crippen LogP contribution in [0, 0.1) is 6.92 Å². The van der Waals surface area contributed by atoms with Crippen molar-refractivity contribution >= 4 is 23.4 Å². The first-order chi connectivity index (χ1) is 9.10. The van der Waals surface area contributed by atoms with Crippen LogP contribution in [0.25, 0.3) is 0 Å². The average molecular weight is 277 g/mol. The first kappa shape index (κ1) is 13.5. The number of aryl methyl sites for hydroxylation is 1. The van der Waals surface area contributed by atoms with Crippen LogP contribution in [-0.2, 0) is 6.54 Å². The van der Waals surface area contributed by atoms with Gasteiger partial charge in [0.05, 0.1) is 0 Å². The minimum Gasteiger partial charge on any atom is -0.475 e. The number of hydrogen-bond acceptors (Lipinski definition) is 4. The first-order valence-corrected chi connectivity index (χ1v) is 7.03. The number of benzene rings is 1. The maximum absolute atomic E-state index is 10.8. The third-order valence-electron chi connectivity index (χ3n) is 2.80. The van der Waals surface area contributed by atoms with Gasteiger partial charge in [0.1, 0.15) is 5.76 Å². The van der Waals surface area contributed by atoms with Gasteiger partial charge in [0.15, 0.2) is 0 Å². The molecule has 0 aliphatic heterocycles. The first-order valence-electron chi connectivity index (χ1n) is 5.80. The molecule has 2 rings (SSSR count). The quantitative estimate of drug-likeness (QED) is 0.817. The summed E-state index contributed by atoms with van der Waals surface area (Å²) < 4.78 is 5.16. The number of thioether (sulfide) groups is 1.